The molecule has 0 radical (unpaired) electrons. The van der Waals surface area contributed by atoms with Gasteiger partial charge in [0.25, 0.3) is 11.5 Å². The SMILES string of the molecule is C[C@@H](c1cc(-c2ccccc2)n[nH]1)N(C)Cc1ccc(C(=O)NCc2ccccc2Cl)c(=O)[nH]1. The van der Waals surface area contributed by atoms with Gasteiger partial charge in [-0.05, 0) is 43.8 Å². The number of aromatic amines is 2. The number of nitrogens with one attached hydrogen (secondary N) is 3. The van der Waals surface area contributed by atoms with Crippen LogP contribution in [-0.4, -0.2) is 33.0 Å². The maximum atomic E-state index is 12.6. The van der Waals surface area contributed by atoms with Gasteiger partial charge in [-0.2, -0.15) is 5.10 Å². The Hall–Kier alpha value is -3.68. The summed E-state index contributed by atoms with van der Waals surface area (Å²) in [6.45, 7) is 2.81. The van der Waals surface area contributed by atoms with Crippen molar-refractivity contribution in [1.82, 2.24) is 25.4 Å². The first-order valence-corrected chi connectivity index (χ1v) is 11.3. The molecule has 0 spiro atoms. The average Bonchev–Trinajstić information content (AvgIpc) is 3.34. The number of pyridine rings is 1. The third-order valence-corrected chi connectivity index (χ3v) is 6.18. The average molecular weight is 476 g/mol. The van der Waals surface area contributed by atoms with Crippen molar-refractivity contribution in [3.05, 3.63) is 111 Å². The van der Waals surface area contributed by atoms with E-state index < -0.39 is 11.5 Å². The van der Waals surface area contributed by atoms with Gasteiger partial charge in [-0.15, -0.1) is 0 Å². The summed E-state index contributed by atoms with van der Waals surface area (Å²) < 4.78 is 0. The van der Waals surface area contributed by atoms with Crippen LogP contribution in [0.5, 0.6) is 0 Å². The van der Waals surface area contributed by atoms with E-state index in [1.807, 2.05) is 61.6 Å². The molecule has 1 amide bonds. The first kappa shape index (κ1) is 23.5. The van der Waals surface area contributed by atoms with Crippen LogP contribution >= 0.6 is 11.6 Å². The van der Waals surface area contributed by atoms with Gasteiger partial charge in [0.15, 0.2) is 0 Å². The van der Waals surface area contributed by atoms with Crippen LogP contribution in [0.15, 0.2) is 77.6 Å². The Bertz CT molecular complexity index is 1330. The highest BCUT2D eigenvalue weighted by molar-refractivity contribution is 6.31. The summed E-state index contributed by atoms with van der Waals surface area (Å²) in [6.07, 6.45) is 0. The molecule has 0 aliphatic heterocycles. The zero-order valence-corrected chi connectivity index (χ0v) is 19.8. The van der Waals surface area contributed by atoms with E-state index in [-0.39, 0.29) is 18.2 Å². The van der Waals surface area contributed by atoms with Gasteiger partial charge in [0, 0.05) is 35.4 Å². The number of hydrogen-bond acceptors (Lipinski definition) is 4. The largest absolute Gasteiger partial charge is 0.348 e. The monoisotopic (exact) mass is 475 g/mol. The fraction of sp³-hybridized carbons (Fsp3) is 0.192. The fourth-order valence-corrected chi connectivity index (χ4v) is 3.85. The Labute approximate surface area is 202 Å². The van der Waals surface area contributed by atoms with Crippen LogP contribution in [0.2, 0.25) is 5.02 Å². The zero-order chi connectivity index (χ0) is 24.1. The third-order valence-electron chi connectivity index (χ3n) is 5.81. The lowest BCUT2D eigenvalue weighted by molar-refractivity contribution is 0.0949. The van der Waals surface area contributed by atoms with Crippen molar-refractivity contribution in [2.24, 2.45) is 0 Å². The van der Waals surface area contributed by atoms with Crippen molar-refractivity contribution >= 4 is 17.5 Å². The minimum absolute atomic E-state index is 0.0343. The van der Waals surface area contributed by atoms with Gasteiger partial charge in [0.1, 0.15) is 5.56 Å². The van der Waals surface area contributed by atoms with Crippen LogP contribution in [0.1, 0.15) is 40.3 Å². The lowest BCUT2D eigenvalue weighted by Gasteiger charge is -2.23. The Morgan fingerprint density at radius 1 is 1.09 bits per heavy atom. The number of carbonyl (C=O) groups is 1. The van der Waals surface area contributed by atoms with E-state index in [4.69, 9.17) is 11.6 Å². The van der Waals surface area contributed by atoms with Crippen LogP contribution in [-0.2, 0) is 13.1 Å². The summed E-state index contributed by atoms with van der Waals surface area (Å²) in [7, 11) is 1.97. The Morgan fingerprint density at radius 2 is 1.82 bits per heavy atom. The second kappa shape index (κ2) is 10.5. The molecule has 0 saturated heterocycles. The summed E-state index contributed by atoms with van der Waals surface area (Å²) >= 11 is 6.13. The topological polar surface area (TPSA) is 93.9 Å². The molecule has 34 heavy (non-hydrogen) atoms. The van der Waals surface area contributed by atoms with Crippen molar-refractivity contribution in [3.8, 4) is 11.3 Å². The molecular weight excluding hydrogens is 450 g/mol. The Morgan fingerprint density at radius 3 is 2.56 bits per heavy atom. The van der Waals surface area contributed by atoms with Crippen molar-refractivity contribution < 1.29 is 4.79 Å². The quantitative estimate of drug-likeness (QED) is 0.348. The second-order valence-corrected chi connectivity index (χ2v) is 8.57. The van der Waals surface area contributed by atoms with Gasteiger partial charge >= 0.3 is 0 Å². The predicted molar refractivity (Wildman–Crippen MR) is 134 cm³/mol. The molecule has 0 bridgehead atoms. The molecule has 0 fully saturated rings. The molecule has 2 aromatic heterocycles. The number of hydrogen-bond donors (Lipinski definition) is 3. The van der Waals surface area contributed by atoms with Gasteiger partial charge in [-0.25, -0.2) is 0 Å². The van der Waals surface area contributed by atoms with Gasteiger partial charge in [-0.1, -0.05) is 60.1 Å². The molecule has 4 aromatic rings. The van der Waals surface area contributed by atoms with E-state index >= 15 is 0 Å². The van der Waals surface area contributed by atoms with Crippen molar-refractivity contribution in [2.75, 3.05) is 7.05 Å². The van der Waals surface area contributed by atoms with E-state index in [1.54, 1.807) is 18.2 Å². The number of rotatable bonds is 8. The highest BCUT2D eigenvalue weighted by Gasteiger charge is 2.17. The maximum Gasteiger partial charge on any atom is 0.261 e. The Balaban J connectivity index is 1.39. The lowest BCUT2D eigenvalue weighted by atomic mass is 10.1. The van der Waals surface area contributed by atoms with Crippen molar-refractivity contribution in [1.29, 1.82) is 0 Å². The van der Waals surface area contributed by atoms with Crippen molar-refractivity contribution in [3.63, 3.8) is 0 Å². The van der Waals surface area contributed by atoms with Crippen molar-refractivity contribution in [2.45, 2.75) is 26.1 Å². The van der Waals surface area contributed by atoms with Gasteiger partial charge in [0.05, 0.1) is 11.4 Å². The number of carbonyl (C=O) groups excluding carboxylic acids is 1. The van der Waals surface area contributed by atoms with Crippen LogP contribution in [0.4, 0.5) is 0 Å². The minimum atomic E-state index is -0.444. The molecule has 2 aromatic carbocycles. The zero-order valence-electron chi connectivity index (χ0n) is 19.0. The summed E-state index contributed by atoms with van der Waals surface area (Å²) in [5.74, 6) is -0.444. The molecule has 4 rings (SSSR count). The minimum Gasteiger partial charge on any atom is -0.348 e. The number of aromatic nitrogens is 3. The standard InChI is InChI=1S/C26H26ClN5O2/c1-17(23-14-24(31-30-23)18-8-4-3-5-9-18)32(2)16-20-12-13-21(26(34)29-20)25(33)28-15-19-10-6-7-11-22(19)27/h3-14,17H,15-16H2,1-2H3,(H,28,33)(H,29,34)(H,30,31)/t17-/m0/s1. The van der Waals surface area contributed by atoms with E-state index in [9.17, 15) is 9.59 Å². The fourth-order valence-electron chi connectivity index (χ4n) is 3.65. The third kappa shape index (κ3) is 5.44. The van der Waals surface area contributed by atoms with Gasteiger partial charge < -0.3 is 10.3 Å². The molecule has 0 unspecified atom stereocenters. The molecule has 1 atom stereocenters. The highest BCUT2D eigenvalue weighted by atomic mass is 35.5. The molecule has 174 valence electrons. The van der Waals surface area contributed by atoms with E-state index in [0.29, 0.717) is 17.3 Å². The molecule has 0 aliphatic rings. The molecule has 7 nitrogen and oxygen atoms in total. The molecule has 2 heterocycles. The first-order chi connectivity index (χ1) is 16.4. The summed E-state index contributed by atoms with van der Waals surface area (Å²) in [4.78, 5) is 30.0. The molecular formula is C26H26ClN5O2. The molecule has 0 aliphatic carbocycles. The molecule has 8 heteroatoms. The number of amides is 1. The number of halogens is 1. The second-order valence-electron chi connectivity index (χ2n) is 8.17. The first-order valence-electron chi connectivity index (χ1n) is 11.0. The normalized spacial score (nSPS) is 12.0. The summed E-state index contributed by atoms with van der Waals surface area (Å²) in [5.41, 5.74) is 4.04. The highest BCUT2D eigenvalue weighted by Crippen LogP contribution is 2.23. The van der Waals surface area contributed by atoms with Crippen LogP contribution in [0.25, 0.3) is 11.3 Å². The number of nitrogens with zero attached hydrogens (tertiary/aromatic N) is 2. The smallest absolute Gasteiger partial charge is 0.261 e. The van der Waals surface area contributed by atoms with E-state index in [1.165, 1.54) is 0 Å². The van der Waals surface area contributed by atoms with E-state index in [0.717, 1.165) is 22.5 Å². The van der Waals surface area contributed by atoms with Crippen LogP contribution in [0.3, 0.4) is 0 Å². The van der Waals surface area contributed by atoms with Gasteiger partial charge in [-0.3, -0.25) is 19.6 Å². The lowest BCUT2D eigenvalue weighted by Crippen LogP contribution is -2.30. The van der Waals surface area contributed by atoms with Crippen LogP contribution in [0, 0.1) is 0 Å². The Kier molecular flexibility index (Phi) is 7.25. The number of H-pyrrole nitrogens is 2. The predicted octanol–water partition coefficient (Wildman–Crippen LogP) is 4.54. The molecule has 3 N–H and O–H groups in total. The maximum absolute atomic E-state index is 12.6. The van der Waals surface area contributed by atoms with E-state index in [2.05, 4.69) is 32.3 Å². The molecule has 0 saturated carbocycles. The van der Waals surface area contributed by atoms with Crippen LogP contribution < -0.4 is 10.9 Å². The summed E-state index contributed by atoms with van der Waals surface area (Å²) in [5, 5.41) is 10.9. The van der Waals surface area contributed by atoms with Gasteiger partial charge in [0.2, 0.25) is 0 Å². The summed E-state index contributed by atoms with van der Waals surface area (Å²) in [6, 6.07) is 22.6. The number of benzene rings is 2.